The first-order valence-electron chi connectivity index (χ1n) is 9.74. The number of rotatable bonds is 8. The summed E-state index contributed by atoms with van der Waals surface area (Å²) in [6.07, 6.45) is -1.05. The van der Waals surface area contributed by atoms with Gasteiger partial charge in [-0.25, -0.2) is 0 Å². The summed E-state index contributed by atoms with van der Waals surface area (Å²) < 4.78 is 38.5. The molecule has 0 aliphatic carbocycles. The van der Waals surface area contributed by atoms with Crippen LogP contribution in [0.3, 0.4) is 0 Å². The fourth-order valence-electron chi connectivity index (χ4n) is 2.98. The lowest BCUT2D eigenvalue weighted by Gasteiger charge is -2.23. The van der Waals surface area contributed by atoms with Gasteiger partial charge >= 0.3 is 6.18 Å². The van der Waals surface area contributed by atoms with Gasteiger partial charge in [-0.3, -0.25) is 4.79 Å². The van der Waals surface area contributed by atoms with Crippen molar-refractivity contribution in [2.45, 2.75) is 32.9 Å². The van der Waals surface area contributed by atoms with Gasteiger partial charge in [-0.05, 0) is 54.8 Å². The third-order valence-corrected chi connectivity index (χ3v) is 4.37. The summed E-state index contributed by atoms with van der Waals surface area (Å²) in [5.41, 5.74) is 0.618. The van der Waals surface area contributed by atoms with Crippen LogP contribution in [0.5, 0.6) is 0 Å². The van der Waals surface area contributed by atoms with E-state index in [0.29, 0.717) is 5.56 Å². The number of nitrogens with zero attached hydrogens (tertiary/aromatic N) is 2. The molecule has 7 heteroatoms. The van der Waals surface area contributed by atoms with Crippen molar-refractivity contribution in [2.75, 3.05) is 23.3 Å². The Kier molecular flexibility index (Phi) is 8.05. The SMILES string of the molecule is CCCN(CCC)c1ccc(C=C(C#N)C(=O)Nc2cccc(C(F)(F)F)c2)cc1. The van der Waals surface area contributed by atoms with Crippen LogP contribution in [0, 0.1) is 11.3 Å². The van der Waals surface area contributed by atoms with E-state index in [0.717, 1.165) is 43.8 Å². The van der Waals surface area contributed by atoms with E-state index in [1.165, 1.54) is 18.2 Å². The van der Waals surface area contributed by atoms with Gasteiger partial charge in [0.2, 0.25) is 0 Å². The molecule has 0 heterocycles. The minimum absolute atomic E-state index is 0.0268. The van der Waals surface area contributed by atoms with Crippen molar-refractivity contribution in [3.8, 4) is 6.07 Å². The number of halogens is 3. The molecule has 0 radical (unpaired) electrons. The zero-order chi connectivity index (χ0) is 22.1. The predicted octanol–water partition coefficient (Wildman–Crippen LogP) is 5.88. The standard InChI is InChI=1S/C23H24F3N3O/c1-3-12-29(13-4-2)21-10-8-17(9-11-21)14-18(16-27)22(30)28-20-7-5-6-19(15-20)23(24,25)26/h5-11,14-15H,3-4,12-13H2,1-2H3,(H,28,30). The van der Waals surface area contributed by atoms with Crippen molar-refractivity contribution in [3.05, 3.63) is 65.2 Å². The van der Waals surface area contributed by atoms with Gasteiger partial charge in [-0.1, -0.05) is 32.0 Å². The summed E-state index contributed by atoms with van der Waals surface area (Å²) in [7, 11) is 0. The normalized spacial score (nSPS) is 11.7. The quantitative estimate of drug-likeness (QED) is 0.433. The van der Waals surface area contributed by atoms with Crippen molar-refractivity contribution in [3.63, 3.8) is 0 Å². The molecule has 0 unspecified atom stereocenters. The van der Waals surface area contributed by atoms with E-state index in [9.17, 15) is 23.2 Å². The Hall–Kier alpha value is -3.27. The Balaban J connectivity index is 2.17. The van der Waals surface area contributed by atoms with Crippen molar-refractivity contribution in [1.82, 2.24) is 0 Å². The van der Waals surface area contributed by atoms with Crippen LogP contribution in [0.25, 0.3) is 6.08 Å². The van der Waals surface area contributed by atoms with Crippen LogP contribution < -0.4 is 10.2 Å². The molecule has 0 aliphatic rings. The molecule has 0 bridgehead atoms. The highest BCUT2D eigenvalue weighted by Gasteiger charge is 2.30. The lowest BCUT2D eigenvalue weighted by atomic mass is 10.1. The minimum Gasteiger partial charge on any atom is -0.372 e. The molecule has 1 amide bonds. The van der Waals surface area contributed by atoms with Crippen molar-refractivity contribution >= 4 is 23.4 Å². The van der Waals surface area contributed by atoms with Gasteiger partial charge in [0, 0.05) is 24.5 Å². The second-order valence-corrected chi connectivity index (χ2v) is 6.78. The maximum Gasteiger partial charge on any atom is 0.416 e. The molecule has 158 valence electrons. The van der Waals surface area contributed by atoms with Gasteiger partial charge in [0.05, 0.1) is 5.56 Å². The molecule has 0 aromatic heterocycles. The molecule has 0 spiro atoms. The molecular weight excluding hydrogens is 391 g/mol. The summed E-state index contributed by atoms with van der Waals surface area (Å²) in [5, 5.41) is 11.7. The zero-order valence-electron chi connectivity index (χ0n) is 17.0. The smallest absolute Gasteiger partial charge is 0.372 e. The topological polar surface area (TPSA) is 56.1 Å². The monoisotopic (exact) mass is 415 g/mol. The molecular formula is C23H24F3N3O. The van der Waals surface area contributed by atoms with Crippen LogP contribution in [0.4, 0.5) is 24.5 Å². The van der Waals surface area contributed by atoms with Crippen molar-refractivity contribution < 1.29 is 18.0 Å². The summed E-state index contributed by atoms with van der Waals surface area (Å²) in [4.78, 5) is 14.6. The number of nitriles is 1. The van der Waals surface area contributed by atoms with E-state index >= 15 is 0 Å². The maximum atomic E-state index is 12.8. The van der Waals surface area contributed by atoms with Crippen LogP contribution in [0.1, 0.15) is 37.8 Å². The van der Waals surface area contributed by atoms with Gasteiger partial charge in [0.25, 0.3) is 5.91 Å². The molecule has 0 saturated carbocycles. The van der Waals surface area contributed by atoms with E-state index in [1.54, 1.807) is 0 Å². The molecule has 0 fully saturated rings. The molecule has 2 rings (SSSR count). The highest BCUT2D eigenvalue weighted by Crippen LogP contribution is 2.30. The van der Waals surface area contributed by atoms with Gasteiger partial charge in [0.1, 0.15) is 11.6 Å². The maximum absolute atomic E-state index is 12.8. The average Bonchev–Trinajstić information content (AvgIpc) is 2.72. The summed E-state index contributed by atoms with van der Waals surface area (Å²) >= 11 is 0. The fourth-order valence-corrected chi connectivity index (χ4v) is 2.98. The molecule has 30 heavy (non-hydrogen) atoms. The first-order chi connectivity index (χ1) is 14.3. The van der Waals surface area contributed by atoms with E-state index in [2.05, 4.69) is 24.1 Å². The average molecular weight is 415 g/mol. The number of carbonyl (C=O) groups is 1. The first-order valence-corrected chi connectivity index (χ1v) is 9.74. The Labute approximate surface area is 174 Å². The molecule has 1 N–H and O–H groups in total. The Morgan fingerprint density at radius 2 is 1.73 bits per heavy atom. The molecule has 2 aromatic carbocycles. The number of hydrogen-bond acceptors (Lipinski definition) is 3. The van der Waals surface area contributed by atoms with Gasteiger partial charge in [-0.2, -0.15) is 18.4 Å². The third-order valence-electron chi connectivity index (χ3n) is 4.37. The lowest BCUT2D eigenvalue weighted by molar-refractivity contribution is -0.137. The number of anilines is 2. The number of nitrogens with one attached hydrogen (secondary N) is 1. The second kappa shape index (κ2) is 10.5. The summed E-state index contributed by atoms with van der Waals surface area (Å²) in [6.45, 7) is 6.10. The van der Waals surface area contributed by atoms with Gasteiger partial charge in [0.15, 0.2) is 0 Å². The highest BCUT2D eigenvalue weighted by molar-refractivity contribution is 6.09. The first kappa shape index (κ1) is 23.0. The Morgan fingerprint density at radius 1 is 1.10 bits per heavy atom. The van der Waals surface area contributed by atoms with Crippen molar-refractivity contribution in [2.24, 2.45) is 0 Å². The largest absolute Gasteiger partial charge is 0.416 e. The van der Waals surface area contributed by atoms with Crippen LogP contribution in [0.2, 0.25) is 0 Å². The van der Waals surface area contributed by atoms with Gasteiger partial charge in [-0.15, -0.1) is 0 Å². The van der Waals surface area contributed by atoms with Crippen molar-refractivity contribution in [1.29, 1.82) is 5.26 Å². The van der Waals surface area contributed by atoms with Gasteiger partial charge < -0.3 is 10.2 Å². The van der Waals surface area contributed by atoms with E-state index in [-0.39, 0.29) is 11.3 Å². The molecule has 0 atom stereocenters. The number of carbonyl (C=O) groups excluding carboxylic acids is 1. The minimum atomic E-state index is -4.51. The fraction of sp³-hybridized carbons (Fsp3) is 0.304. The zero-order valence-corrected chi connectivity index (χ0v) is 17.0. The highest BCUT2D eigenvalue weighted by atomic mass is 19.4. The van der Waals surface area contributed by atoms with Crippen LogP contribution in [-0.4, -0.2) is 19.0 Å². The third kappa shape index (κ3) is 6.38. The van der Waals surface area contributed by atoms with Crippen LogP contribution >= 0.6 is 0 Å². The van der Waals surface area contributed by atoms with E-state index in [1.807, 2.05) is 30.3 Å². The molecule has 4 nitrogen and oxygen atoms in total. The van der Waals surface area contributed by atoms with Crippen LogP contribution in [0.15, 0.2) is 54.1 Å². The number of alkyl halides is 3. The summed E-state index contributed by atoms with van der Waals surface area (Å²) in [6, 6.07) is 13.6. The van der Waals surface area contributed by atoms with E-state index < -0.39 is 17.6 Å². The number of hydrogen-bond donors (Lipinski definition) is 1. The molecule has 2 aromatic rings. The molecule has 0 aliphatic heterocycles. The lowest BCUT2D eigenvalue weighted by Crippen LogP contribution is -2.24. The second-order valence-electron chi connectivity index (χ2n) is 6.78. The Morgan fingerprint density at radius 3 is 2.27 bits per heavy atom. The number of amides is 1. The summed E-state index contributed by atoms with van der Waals surface area (Å²) in [5.74, 6) is -0.764. The Bertz CT molecular complexity index is 922. The van der Waals surface area contributed by atoms with Crippen LogP contribution in [-0.2, 0) is 11.0 Å². The van der Waals surface area contributed by atoms with E-state index in [4.69, 9.17) is 0 Å². The molecule has 0 saturated heterocycles. The number of benzene rings is 2. The predicted molar refractivity (Wildman–Crippen MR) is 113 cm³/mol.